The van der Waals surface area contributed by atoms with E-state index in [2.05, 4.69) is 90.2 Å². The van der Waals surface area contributed by atoms with Crippen molar-refractivity contribution in [2.45, 2.75) is 32.0 Å². The van der Waals surface area contributed by atoms with E-state index >= 15 is 0 Å². The molecule has 0 saturated carbocycles. The van der Waals surface area contributed by atoms with Crippen molar-refractivity contribution < 1.29 is 9.53 Å². The van der Waals surface area contributed by atoms with Crippen LogP contribution < -0.4 is 20.9 Å². The molecule has 0 aromatic heterocycles. The molecular weight excluding hydrogens is 434 g/mol. The Morgan fingerprint density at radius 1 is 0.647 bits per heavy atom. The standard InChI is InChI=1S/C30H31NO2Si/c1-30(2,3)33-29(32)31-28(24-16-8-4-9-17-24)34(25-18-10-5-11-19-25,26-20-12-6-13-21-26)27-22-14-7-15-23-27/h4-23,28H,1-3H3,(H,31,32). The third-order valence-corrected chi connectivity index (χ3v) is 11.0. The number of amides is 1. The fourth-order valence-corrected chi connectivity index (χ4v) is 9.80. The Bertz CT molecular complexity index is 1090. The predicted octanol–water partition coefficient (Wildman–Crippen LogP) is 4.96. The minimum absolute atomic E-state index is 0.296. The van der Waals surface area contributed by atoms with E-state index in [-0.39, 0.29) is 5.67 Å². The van der Waals surface area contributed by atoms with Crippen molar-refractivity contribution in [3.05, 3.63) is 127 Å². The van der Waals surface area contributed by atoms with Crippen molar-refractivity contribution in [3.63, 3.8) is 0 Å². The van der Waals surface area contributed by atoms with E-state index in [9.17, 15) is 4.79 Å². The van der Waals surface area contributed by atoms with Crippen LogP contribution in [0.1, 0.15) is 32.0 Å². The van der Waals surface area contributed by atoms with Gasteiger partial charge in [-0.3, -0.25) is 0 Å². The first kappa shape index (κ1) is 23.5. The summed E-state index contributed by atoms with van der Waals surface area (Å²) in [5, 5.41) is 6.99. The Morgan fingerprint density at radius 3 is 1.35 bits per heavy atom. The van der Waals surface area contributed by atoms with Crippen LogP contribution >= 0.6 is 0 Å². The maximum atomic E-state index is 13.3. The maximum Gasteiger partial charge on any atom is 0.407 e. The van der Waals surface area contributed by atoms with E-state index in [4.69, 9.17) is 4.74 Å². The summed E-state index contributed by atoms with van der Waals surface area (Å²) in [7, 11) is -2.84. The summed E-state index contributed by atoms with van der Waals surface area (Å²) in [5.41, 5.74) is 0.161. The van der Waals surface area contributed by atoms with Crippen molar-refractivity contribution in [1.29, 1.82) is 0 Å². The van der Waals surface area contributed by atoms with Gasteiger partial charge in [-0.2, -0.15) is 0 Å². The largest absolute Gasteiger partial charge is 0.444 e. The molecular formula is C30H31NO2Si. The fraction of sp³-hybridized carbons (Fsp3) is 0.167. The minimum Gasteiger partial charge on any atom is -0.444 e. The molecule has 1 atom stereocenters. The summed E-state index contributed by atoms with van der Waals surface area (Å²) in [4.78, 5) is 13.3. The minimum atomic E-state index is -2.84. The summed E-state index contributed by atoms with van der Waals surface area (Å²) in [6.45, 7) is 5.67. The molecule has 0 bridgehead atoms. The summed E-state index contributed by atoms with van der Waals surface area (Å²) < 4.78 is 5.76. The van der Waals surface area contributed by atoms with Crippen LogP contribution in [0, 0.1) is 0 Å². The van der Waals surface area contributed by atoms with Gasteiger partial charge >= 0.3 is 6.09 Å². The molecule has 34 heavy (non-hydrogen) atoms. The van der Waals surface area contributed by atoms with Gasteiger partial charge in [0.15, 0.2) is 8.07 Å². The van der Waals surface area contributed by atoms with Gasteiger partial charge in [0, 0.05) is 0 Å². The molecule has 0 aliphatic heterocycles. The molecule has 0 saturated heterocycles. The second-order valence-corrected chi connectivity index (χ2v) is 13.3. The molecule has 0 fully saturated rings. The quantitative estimate of drug-likeness (QED) is 0.323. The second kappa shape index (κ2) is 10.1. The van der Waals surface area contributed by atoms with Gasteiger partial charge in [-0.15, -0.1) is 0 Å². The Morgan fingerprint density at radius 2 is 1.00 bits per heavy atom. The second-order valence-electron chi connectivity index (χ2n) is 9.40. The molecule has 0 radical (unpaired) electrons. The molecule has 1 N–H and O–H groups in total. The highest BCUT2D eigenvalue weighted by atomic mass is 28.3. The van der Waals surface area contributed by atoms with Gasteiger partial charge in [0.2, 0.25) is 0 Å². The lowest BCUT2D eigenvalue weighted by atomic mass is 10.2. The first-order chi connectivity index (χ1) is 16.4. The number of benzene rings is 4. The number of rotatable bonds is 6. The Hall–Kier alpha value is -3.63. The van der Waals surface area contributed by atoms with Crippen LogP contribution in [-0.2, 0) is 4.74 Å². The van der Waals surface area contributed by atoms with E-state index in [0.717, 1.165) is 5.56 Å². The monoisotopic (exact) mass is 465 g/mol. The van der Waals surface area contributed by atoms with Gasteiger partial charge in [-0.1, -0.05) is 121 Å². The summed E-state index contributed by atoms with van der Waals surface area (Å²) in [6, 6.07) is 42.0. The Kier molecular flexibility index (Phi) is 6.99. The number of nitrogens with one attached hydrogen (secondary N) is 1. The molecule has 0 aliphatic rings. The van der Waals surface area contributed by atoms with Crippen LogP contribution in [-0.4, -0.2) is 19.8 Å². The average molecular weight is 466 g/mol. The molecule has 1 amide bonds. The zero-order valence-electron chi connectivity index (χ0n) is 19.9. The van der Waals surface area contributed by atoms with Crippen LogP contribution in [0.3, 0.4) is 0 Å². The van der Waals surface area contributed by atoms with Crippen LogP contribution in [0.2, 0.25) is 0 Å². The number of alkyl carbamates (subject to hydrolysis) is 1. The molecule has 4 rings (SSSR count). The number of carbonyl (C=O) groups is 1. The first-order valence-corrected chi connectivity index (χ1v) is 13.7. The number of hydrogen-bond donors (Lipinski definition) is 1. The van der Waals surface area contributed by atoms with Gasteiger partial charge in [0.05, 0.1) is 5.67 Å². The van der Waals surface area contributed by atoms with Crippen molar-refractivity contribution in [1.82, 2.24) is 5.32 Å². The van der Waals surface area contributed by atoms with Crippen LogP contribution in [0.5, 0.6) is 0 Å². The lowest BCUT2D eigenvalue weighted by molar-refractivity contribution is 0.0518. The normalized spacial score (nSPS) is 12.6. The highest BCUT2D eigenvalue weighted by Gasteiger charge is 2.48. The molecule has 0 spiro atoms. The molecule has 3 nitrogen and oxygen atoms in total. The van der Waals surface area contributed by atoms with E-state index in [1.807, 2.05) is 57.2 Å². The third kappa shape index (κ3) is 4.97. The summed E-state index contributed by atoms with van der Waals surface area (Å²) in [5.74, 6) is 0. The van der Waals surface area contributed by atoms with Gasteiger partial charge in [0.25, 0.3) is 0 Å². The average Bonchev–Trinajstić information content (AvgIpc) is 2.85. The van der Waals surface area contributed by atoms with Crippen molar-refractivity contribution >= 4 is 29.7 Å². The first-order valence-electron chi connectivity index (χ1n) is 11.6. The summed E-state index contributed by atoms with van der Waals surface area (Å²) >= 11 is 0. The van der Waals surface area contributed by atoms with Crippen LogP contribution in [0.25, 0.3) is 0 Å². The van der Waals surface area contributed by atoms with Crippen molar-refractivity contribution in [2.24, 2.45) is 0 Å². The van der Waals surface area contributed by atoms with Crippen LogP contribution in [0.15, 0.2) is 121 Å². The Balaban J connectivity index is 2.04. The zero-order chi connectivity index (χ0) is 24.0. The van der Waals surface area contributed by atoms with Gasteiger partial charge < -0.3 is 10.1 Å². The van der Waals surface area contributed by atoms with Gasteiger partial charge in [0.1, 0.15) is 5.60 Å². The molecule has 0 aliphatic carbocycles. The molecule has 4 aromatic carbocycles. The highest BCUT2D eigenvalue weighted by molar-refractivity contribution is 7.12. The Labute approximate surface area is 203 Å². The van der Waals surface area contributed by atoms with Gasteiger partial charge in [-0.25, -0.2) is 4.79 Å². The van der Waals surface area contributed by atoms with E-state index in [0.29, 0.717) is 0 Å². The van der Waals surface area contributed by atoms with Crippen LogP contribution in [0.4, 0.5) is 4.79 Å². The maximum absolute atomic E-state index is 13.3. The number of ether oxygens (including phenoxy) is 1. The van der Waals surface area contributed by atoms with Crippen molar-refractivity contribution in [3.8, 4) is 0 Å². The predicted molar refractivity (Wildman–Crippen MR) is 143 cm³/mol. The third-order valence-electron chi connectivity index (χ3n) is 5.91. The lowest BCUT2D eigenvalue weighted by Gasteiger charge is -2.41. The number of carbonyl (C=O) groups excluding carboxylic acids is 1. The summed E-state index contributed by atoms with van der Waals surface area (Å²) in [6.07, 6.45) is -0.416. The highest BCUT2D eigenvalue weighted by Crippen LogP contribution is 2.26. The van der Waals surface area contributed by atoms with E-state index < -0.39 is 19.8 Å². The molecule has 4 aromatic rings. The smallest absolute Gasteiger partial charge is 0.407 e. The fourth-order valence-electron chi connectivity index (χ4n) is 4.62. The molecule has 4 heteroatoms. The lowest BCUT2D eigenvalue weighted by Crippen LogP contribution is -2.73. The zero-order valence-corrected chi connectivity index (χ0v) is 20.9. The topological polar surface area (TPSA) is 38.3 Å². The molecule has 0 heterocycles. The SMILES string of the molecule is CC(C)(C)OC(=O)NC(c1ccccc1)[Si](c1ccccc1)(c1ccccc1)c1ccccc1. The van der Waals surface area contributed by atoms with E-state index in [1.54, 1.807) is 0 Å². The molecule has 1 unspecified atom stereocenters. The van der Waals surface area contributed by atoms with E-state index in [1.165, 1.54) is 15.6 Å². The van der Waals surface area contributed by atoms with Crippen molar-refractivity contribution in [2.75, 3.05) is 0 Å². The number of hydrogen-bond acceptors (Lipinski definition) is 2. The molecule has 172 valence electrons. The van der Waals surface area contributed by atoms with Gasteiger partial charge in [-0.05, 0) is 41.9 Å².